The molecule has 0 atom stereocenters. The summed E-state index contributed by atoms with van der Waals surface area (Å²) in [5.41, 5.74) is 4.52. The molecule has 0 spiro atoms. The molecule has 0 saturated heterocycles. The van der Waals surface area contributed by atoms with Crippen molar-refractivity contribution < 1.29 is 5.11 Å². The van der Waals surface area contributed by atoms with Gasteiger partial charge in [-0.2, -0.15) is 0 Å². The minimum atomic E-state index is 0.0439. The largest absolute Gasteiger partial charge is 0.506 e. The highest BCUT2D eigenvalue weighted by molar-refractivity contribution is 6.32. The Hall–Kier alpha value is -3.04. The molecule has 4 heteroatoms. The van der Waals surface area contributed by atoms with E-state index in [1.54, 1.807) is 12.1 Å². The summed E-state index contributed by atoms with van der Waals surface area (Å²) < 4.78 is 0. The van der Waals surface area contributed by atoms with Crippen molar-refractivity contribution in [1.82, 2.24) is 9.97 Å². The van der Waals surface area contributed by atoms with Crippen molar-refractivity contribution in [3.05, 3.63) is 83.9 Å². The third-order valence-corrected chi connectivity index (χ3v) is 4.35. The van der Waals surface area contributed by atoms with Crippen LogP contribution >= 0.6 is 11.6 Å². The van der Waals surface area contributed by atoms with Crippen LogP contribution in [-0.4, -0.2) is 15.1 Å². The van der Waals surface area contributed by atoms with Gasteiger partial charge in [0.05, 0.1) is 16.4 Å². The zero-order valence-corrected chi connectivity index (χ0v) is 14.0. The van der Waals surface area contributed by atoms with Crippen LogP contribution in [0, 0.1) is 0 Å². The van der Waals surface area contributed by atoms with Gasteiger partial charge in [0.2, 0.25) is 0 Å². The van der Waals surface area contributed by atoms with Gasteiger partial charge in [0, 0.05) is 16.7 Å². The van der Waals surface area contributed by atoms with Gasteiger partial charge in [-0.15, -0.1) is 0 Å². The zero-order chi connectivity index (χ0) is 17.2. The molecule has 0 aliphatic carbocycles. The van der Waals surface area contributed by atoms with Gasteiger partial charge < -0.3 is 10.1 Å². The van der Waals surface area contributed by atoms with Gasteiger partial charge in [-0.1, -0.05) is 78.3 Å². The quantitative estimate of drug-likeness (QED) is 0.494. The van der Waals surface area contributed by atoms with Crippen LogP contribution in [0.4, 0.5) is 0 Å². The molecular formula is C21H15ClN2O. The number of aromatic hydroxyl groups is 1. The first-order chi connectivity index (χ1) is 12.2. The molecule has 0 amide bonds. The molecule has 0 saturated carbocycles. The Morgan fingerprint density at radius 3 is 2.04 bits per heavy atom. The molecule has 0 radical (unpaired) electrons. The van der Waals surface area contributed by atoms with E-state index in [4.69, 9.17) is 16.6 Å². The van der Waals surface area contributed by atoms with Gasteiger partial charge in [-0.05, 0) is 12.1 Å². The minimum Gasteiger partial charge on any atom is -0.506 e. The lowest BCUT2D eigenvalue weighted by molar-refractivity contribution is 0.476. The normalized spacial score (nSPS) is 10.8. The highest BCUT2D eigenvalue weighted by Gasteiger charge is 2.16. The number of aromatic amines is 1. The number of nitrogens with one attached hydrogen (secondary N) is 1. The summed E-state index contributed by atoms with van der Waals surface area (Å²) in [6.45, 7) is 0. The van der Waals surface area contributed by atoms with Gasteiger partial charge in [-0.25, -0.2) is 4.98 Å². The van der Waals surface area contributed by atoms with Gasteiger partial charge in [0.25, 0.3) is 0 Å². The van der Waals surface area contributed by atoms with Crippen molar-refractivity contribution in [3.8, 4) is 39.7 Å². The molecule has 0 fully saturated rings. The molecule has 0 aliphatic heterocycles. The molecule has 1 aromatic heterocycles. The van der Waals surface area contributed by atoms with Crippen LogP contribution in [-0.2, 0) is 0 Å². The molecule has 4 rings (SSSR count). The monoisotopic (exact) mass is 346 g/mol. The Kier molecular flexibility index (Phi) is 4.00. The van der Waals surface area contributed by atoms with Crippen molar-refractivity contribution in [2.75, 3.05) is 0 Å². The summed E-state index contributed by atoms with van der Waals surface area (Å²) in [7, 11) is 0. The third kappa shape index (κ3) is 3.02. The molecule has 3 aromatic carbocycles. The van der Waals surface area contributed by atoms with E-state index in [2.05, 4.69) is 4.98 Å². The lowest BCUT2D eigenvalue weighted by Crippen LogP contribution is -1.84. The number of phenols is 1. The number of halogens is 1. The first-order valence-electron chi connectivity index (χ1n) is 7.92. The molecular weight excluding hydrogens is 332 g/mol. The van der Waals surface area contributed by atoms with Gasteiger partial charge in [0.1, 0.15) is 11.6 Å². The number of H-pyrrole nitrogens is 1. The van der Waals surface area contributed by atoms with Crippen LogP contribution in [0.5, 0.6) is 5.75 Å². The van der Waals surface area contributed by atoms with E-state index in [1.165, 1.54) is 0 Å². The molecule has 122 valence electrons. The fourth-order valence-corrected chi connectivity index (χ4v) is 2.91. The van der Waals surface area contributed by atoms with E-state index < -0.39 is 0 Å². The second-order valence-electron chi connectivity index (χ2n) is 5.71. The molecule has 25 heavy (non-hydrogen) atoms. The van der Waals surface area contributed by atoms with Crippen molar-refractivity contribution in [2.45, 2.75) is 0 Å². The van der Waals surface area contributed by atoms with E-state index in [0.29, 0.717) is 5.02 Å². The van der Waals surface area contributed by atoms with Gasteiger partial charge in [-0.3, -0.25) is 0 Å². The summed E-state index contributed by atoms with van der Waals surface area (Å²) in [4.78, 5) is 8.21. The fourth-order valence-electron chi connectivity index (χ4n) is 2.79. The van der Waals surface area contributed by atoms with Crippen molar-refractivity contribution in [1.29, 1.82) is 0 Å². The van der Waals surface area contributed by atoms with Crippen LogP contribution in [0.2, 0.25) is 5.02 Å². The summed E-state index contributed by atoms with van der Waals surface area (Å²) in [6, 6.07) is 25.1. The lowest BCUT2D eigenvalue weighted by Gasteiger charge is -2.04. The summed E-state index contributed by atoms with van der Waals surface area (Å²) >= 11 is 5.95. The van der Waals surface area contributed by atoms with Crippen LogP contribution < -0.4 is 0 Å². The van der Waals surface area contributed by atoms with E-state index in [9.17, 15) is 5.11 Å². The molecule has 0 bridgehead atoms. The number of rotatable bonds is 3. The number of phenolic OH excluding ortho intramolecular Hbond substituents is 1. The summed E-state index contributed by atoms with van der Waals surface area (Å²) in [6.07, 6.45) is 0. The number of aromatic nitrogens is 2. The highest BCUT2D eigenvalue weighted by atomic mass is 35.5. The van der Waals surface area contributed by atoms with Crippen molar-refractivity contribution >= 4 is 11.6 Å². The Labute approximate surface area is 150 Å². The van der Waals surface area contributed by atoms with Gasteiger partial charge >= 0.3 is 0 Å². The maximum Gasteiger partial charge on any atom is 0.138 e. The van der Waals surface area contributed by atoms with E-state index in [-0.39, 0.29) is 5.75 Å². The maximum atomic E-state index is 9.98. The Balaban J connectivity index is 1.92. The second-order valence-corrected chi connectivity index (χ2v) is 6.11. The number of nitrogens with zero attached hydrogens (tertiary/aromatic N) is 1. The lowest BCUT2D eigenvalue weighted by atomic mass is 10.0. The average Bonchev–Trinajstić information content (AvgIpc) is 3.11. The van der Waals surface area contributed by atoms with E-state index >= 15 is 0 Å². The first-order valence-corrected chi connectivity index (χ1v) is 8.30. The number of benzene rings is 3. The molecule has 0 aliphatic rings. The van der Waals surface area contributed by atoms with E-state index in [1.807, 2.05) is 66.7 Å². The smallest absolute Gasteiger partial charge is 0.138 e. The SMILES string of the molecule is Oc1cc(-c2nc(-c3ccccc3)[nH]c2-c2ccccc2)ccc1Cl. The second kappa shape index (κ2) is 6.46. The maximum absolute atomic E-state index is 9.98. The number of imidazole rings is 1. The standard InChI is InChI=1S/C21H15ClN2O/c22-17-12-11-16(13-18(17)25)20-19(14-7-3-1-4-8-14)23-21(24-20)15-9-5-2-6-10-15/h1-13,25H,(H,23,24). The number of hydrogen-bond acceptors (Lipinski definition) is 2. The predicted octanol–water partition coefficient (Wildman–Crippen LogP) is 5.77. The number of hydrogen-bond donors (Lipinski definition) is 2. The van der Waals surface area contributed by atoms with Crippen LogP contribution in [0.15, 0.2) is 78.9 Å². The van der Waals surface area contributed by atoms with Crippen molar-refractivity contribution in [2.24, 2.45) is 0 Å². The first kappa shape index (κ1) is 15.5. The third-order valence-electron chi connectivity index (χ3n) is 4.03. The predicted molar refractivity (Wildman–Crippen MR) is 102 cm³/mol. The van der Waals surface area contributed by atoms with E-state index in [0.717, 1.165) is 33.9 Å². The summed E-state index contributed by atoms with van der Waals surface area (Å²) in [5, 5.41) is 10.3. The molecule has 2 N–H and O–H groups in total. The van der Waals surface area contributed by atoms with Gasteiger partial charge in [0.15, 0.2) is 0 Å². The Bertz CT molecular complexity index is 1010. The Morgan fingerprint density at radius 1 is 0.760 bits per heavy atom. The topological polar surface area (TPSA) is 48.9 Å². The molecule has 0 unspecified atom stereocenters. The fraction of sp³-hybridized carbons (Fsp3) is 0. The minimum absolute atomic E-state index is 0.0439. The highest BCUT2D eigenvalue weighted by Crippen LogP contribution is 2.36. The molecule has 1 heterocycles. The zero-order valence-electron chi connectivity index (χ0n) is 13.3. The Morgan fingerprint density at radius 2 is 1.40 bits per heavy atom. The summed E-state index contributed by atoms with van der Waals surface area (Å²) in [5.74, 6) is 0.825. The van der Waals surface area contributed by atoms with Crippen molar-refractivity contribution in [3.63, 3.8) is 0 Å². The van der Waals surface area contributed by atoms with Crippen LogP contribution in [0.25, 0.3) is 33.9 Å². The molecule has 4 aromatic rings. The molecule has 3 nitrogen and oxygen atoms in total. The average molecular weight is 347 g/mol. The van der Waals surface area contributed by atoms with Crippen LogP contribution in [0.3, 0.4) is 0 Å². The van der Waals surface area contributed by atoms with Crippen LogP contribution in [0.1, 0.15) is 0 Å².